The number of halogens is 3. The Labute approximate surface area is 157 Å². The first-order valence-corrected chi connectivity index (χ1v) is 11.3. The molecule has 1 saturated heterocycles. The Balaban J connectivity index is 3.14. The van der Waals surface area contributed by atoms with E-state index in [0.29, 0.717) is 10.8 Å². The van der Waals surface area contributed by atoms with Crippen LogP contribution in [0.5, 0.6) is 0 Å². The standard InChI is InChI=1S/C9H12Cl3N3O6S3/c10-1-4-22(16)21-13-7-14(23(17,18)5-2-11)9-15(8-13)24(19,20)6-3-12/h1-6H,7-9H2/b4-1+,5-2-,6-3-. The van der Waals surface area contributed by atoms with E-state index in [9.17, 15) is 21.0 Å². The first-order valence-electron chi connectivity index (χ1n) is 5.81. The van der Waals surface area contributed by atoms with Crippen molar-refractivity contribution >= 4 is 65.9 Å². The first-order chi connectivity index (χ1) is 11.2. The fourth-order valence-corrected chi connectivity index (χ4v) is 4.83. The second-order valence-corrected chi connectivity index (χ2v) is 9.36. The number of nitrogens with zero attached hydrogens (tertiary/aromatic N) is 3. The van der Waals surface area contributed by atoms with E-state index in [1.165, 1.54) is 0 Å². The third kappa shape index (κ3) is 6.37. The summed E-state index contributed by atoms with van der Waals surface area (Å²) < 4.78 is 66.3. The van der Waals surface area contributed by atoms with E-state index in [4.69, 9.17) is 39.1 Å². The summed E-state index contributed by atoms with van der Waals surface area (Å²) in [6, 6.07) is 0. The van der Waals surface area contributed by atoms with Gasteiger partial charge in [-0.15, -0.1) is 5.06 Å². The molecule has 0 aromatic rings. The van der Waals surface area contributed by atoms with Gasteiger partial charge in [0.25, 0.3) is 0 Å². The molecule has 1 aliphatic heterocycles. The summed E-state index contributed by atoms with van der Waals surface area (Å²) in [6.45, 7) is -1.28. The fourth-order valence-electron chi connectivity index (χ4n) is 1.50. The van der Waals surface area contributed by atoms with Gasteiger partial charge in [0.05, 0.1) is 30.8 Å². The maximum absolute atomic E-state index is 12.1. The zero-order valence-corrected chi connectivity index (χ0v) is 16.5. The average Bonchev–Trinajstić information content (AvgIpc) is 2.47. The molecule has 0 bridgehead atoms. The Bertz CT molecular complexity index is 702. The van der Waals surface area contributed by atoms with E-state index in [1.807, 2.05) is 0 Å². The highest BCUT2D eigenvalue weighted by atomic mass is 35.5. The lowest BCUT2D eigenvalue weighted by Crippen LogP contribution is -2.57. The molecule has 0 aromatic carbocycles. The molecule has 1 heterocycles. The second kappa shape index (κ2) is 9.62. The largest absolute Gasteiger partial charge is 0.239 e. The van der Waals surface area contributed by atoms with Crippen molar-refractivity contribution in [3.63, 3.8) is 0 Å². The quantitative estimate of drug-likeness (QED) is 0.561. The topological polar surface area (TPSA) is 104 Å². The van der Waals surface area contributed by atoms with Crippen molar-refractivity contribution in [1.82, 2.24) is 13.7 Å². The normalized spacial score (nSPS) is 21.3. The van der Waals surface area contributed by atoms with Gasteiger partial charge < -0.3 is 0 Å². The van der Waals surface area contributed by atoms with Gasteiger partial charge in [-0.25, -0.2) is 21.0 Å². The molecule has 9 nitrogen and oxygen atoms in total. The second-order valence-electron chi connectivity index (χ2n) is 4.02. The minimum absolute atomic E-state index is 0.387. The van der Waals surface area contributed by atoms with Crippen LogP contribution in [0.4, 0.5) is 0 Å². The number of hydroxylamine groups is 2. The molecule has 0 radical (unpaired) electrons. The molecule has 0 spiro atoms. The van der Waals surface area contributed by atoms with Crippen LogP contribution in [0, 0.1) is 0 Å². The minimum Gasteiger partial charge on any atom is -0.223 e. The van der Waals surface area contributed by atoms with Crippen LogP contribution in [0.3, 0.4) is 0 Å². The van der Waals surface area contributed by atoms with Crippen molar-refractivity contribution in [2.24, 2.45) is 0 Å². The maximum atomic E-state index is 12.1. The van der Waals surface area contributed by atoms with Crippen molar-refractivity contribution in [2.75, 3.05) is 20.0 Å². The summed E-state index contributed by atoms with van der Waals surface area (Å²) in [4.78, 5) is 0. The van der Waals surface area contributed by atoms with Crippen molar-refractivity contribution in [2.45, 2.75) is 0 Å². The highest BCUT2D eigenvalue weighted by Gasteiger charge is 2.36. The van der Waals surface area contributed by atoms with Crippen LogP contribution in [0.2, 0.25) is 0 Å². The number of rotatable bonds is 7. The lowest BCUT2D eigenvalue weighted by atomic mass is 10.7. The Morgan fingerprint density at radius 1 is 0.833 bits per heavy atom. The molecule has 1 rings (SSSR count). The molecule has 0 saturated carbocycles. The van der Waals surface area contributed by atoms with Gasteiger partial charge in [0.2, 0.25) is 20.0 Å². The molecule has 15 heteroatoms. The van der Waals surface area contributed by atoms with Gasteiger partial charge in [0.1, 0.15) is 0 Å². The maximum Gasteiger partial charge on any atom is 0.239 e. The zero-order chi connectivity index (χ0) is 18.4. The monoisotopic (exact) mass is 459 g/mol. The van der Waals surface area contributed by atoms with Gasteiger partial charge in [0.15, 0.2) is 11.1 Å². The summed E-state index contributed by atoms with van der Waals surface area (Å²) >= 11 is 13.8. The Morgan fingerprint density at radius 2 is 1.29 bits per heavy atom. The number of hydrogen-bond acceptors (Lipinski definition) is 7. The molecule has 0 N–H and O–H groups in total. The summed E-state index contributed by atoms with van der Waals surface area (Å²) in [6.07, 6.45) is 0. The molecule has 0 amide bonds. The Kier molecular flexibility index (Phi) is 8.82. The van der Waals surface area contributed by atoms with Crippen LogP contribution < -0.4 is 0 Å². The van der Waals surface area contributed by atoms with Gasteiger partial charge >= 0.3 is 0 Å². The molecule has 0 aliphatic carbocycles. The fraction of sp³-hybridized carbons (Fsp3) is 0.333. The zero-order valence-electron chi connectivity index (χ0n) is 11.7. The van der Waals surface area contributed by atoms with Crippen molar-refractivity contribution in [3.05, 3.63) is 32.8 Å². The third-order valence-corrected chi connectivity index (χ3v) is 6.86. The summed E-state index contributed by atoms with van der Waals surface area (Å²) in [5.74, 6) is 0. The van der Waals surface area contributed by atoms with Crippen LogP contribution in [-0.4, -0.2) is 54.7 Å². The smallest absolute Gasteiger partial charge is 0.223 e. The van der Waals surface area contributed by atoms with Gasteiger partial charge in [-0.3, -0.25) is 0 Å². The van der Waals surface area contributed by atoms with Gasteiger partial charge in [0, 0.05) is 22.0 Å². The SMILES string of the molecule is O=S(/C=C/Cl)ON1CN(S(=O)(=O)/C=C\Cl)CN(S(=O)(=O)/C=C\Cl)C1. The molecule has 24 heavy (non-hydrogen) atoms. The highest BCUT2D eigenvalue weighted by molar-refractivity contribution is 7.92. The van der Waals surface area contributed by atoms with E-state index in [2.05, 4.69) is 0 Å². The molecular weight excluding hydrogens is 449 g/mol. The number of sulfonamides is 2. The summed E-state index contributed by atoms with van der Waals surface area (Å²) in [5, 5.41) is 3.20. The Morgan fingerprint density at radius 3 is 1.67 bits per heavy atom. The van der Waals surface area contributed by atoms with Gasteiger partial charge in [-0.1, -0.05) is 34.8 Å². The number of hydrogen-bond donors (Lipinski definition) is 0. The van der Waals surface area contributed by atoms with Crippen LogP contribution in [0.1, 0.15) is 0 Å². The molecule has 1 fully saturated rings. The van der Waals surface area contributed by atoms with Crippen molar-refractivity contribution in [3.8, 4) is 0 Å². The molecule has 1 unspecified atom stereocenters. The van der Waals surface area contributed by atoms with Crippen molar-refractivity contribution in [1.29, 1.82) is 0 Å². The summed E-state index contributed by atoms with van der Waals surface area (Å²) in [7, 11) is -8.06. The average molecular weight is 461 g/mol. The van der Waals surface area contributed by atoms with E-state index in [-0.39, 0.29) is 13.3 Å². The third-order valence-electron chi connectivity index (χ3n) is 2.45. The lowest BCUT2D eigenvalue weighted by molar-refractivity contribution is -0.122. The molecule has 0 aromatic heterocycles. The lowest BCUT2D eigenvalue weighted by Gasteiger charge is -2.37. The predicted octanol–water partition coefficient (Wildman–Crippen LogP) is 1.16. The highest BCUT2D eigenvalue weighted by Crippen LogP contribution is 2.18. The van der Waals surface area contributed by atoms with Crippen LogP contribution in [0.25, 0.3) is 0 Å². The predicted molar refractivity (Wildman–Crippen MR) is 92.2 cm³/mol. The van der Waals surface area contributed by atoms with Crippen molar-refractivity contribution < 1.29 is 25.3 Å². The molecular formula is C9H12Cl3N3O6S3. The van der Waals surface area contributed by atoms with Crippen LogP contribution in [-0.2, 0) is 35.4 Å². The van der Waals surface area contributed by atoms with E-state index < -0.39 is 37.8 Å². The van der Waals surface area contributed by atoms with Crippen LogP contribution >= 0.6 is 34.8 Å². The van der Waals surface area contributed by atoms with E-state index in [1.54, 1.807) is 0 Å². The van der Waals surface area contributed by atoms with E-state index in [0.717, 1.165) is 35.7 Å². The van der Waals surface area contributed by atoms with Gasteiger partial charge in [-0.05, 0) is 0 Å². The molecule has 1 aliphatic rings. The first kappa shape index (κ1) is 22.0. The van der Waals surface area contributed by atoms with Gasteiger partial charge in [-0.2, -0.15) is 12.9 Å². The molecule has 1 atom stereocenters. The minimum atomic E-state index is -4.03. The van der Waals surface area contributed by atoms with Crippen LogP contribution in [0.15, 0.2) is 32.8 Å². The van der Waals surface area contributed by atoms with E-state index >= 15 is 0 Å². The summed E-state index contributed by atoms with van der Waals surface area (Å²) in [5.41, 5.74) is 2.47. The molecule has 138 valence electrons. The Hall–Kier alpha value is -0.0200.